The van der Waals surface area contributed by atoms with Gasteiger partial charge in [-0.15, -0.1) is 0 Å². The fourth-order valence-corrected chi connectivity index (χ4v) is 1.58. The van der Waals surface area contributed by atoms with E-state index in [0.717, 1.165) is 18.2 Å². The number of allylic oxidation sites excluding steroid dienone is 1. The summed E-state index contributed by atoms with van der Waals surface area (Å²) in [4.78, 5) is 2.40. The van der Waals surface area contributed by atoms with E-state index in [1.54, 1.807) is 0 Å². The molecule has 0 aromatic heterocycles. The quantitative estimate of drug-likeness (QED) is 0.795. The van der Waals surface area contributed by atoms with E-state index < -0.39 is 0 Å². The zero-order valence-corrected chi connectivity index (χ0v) is 12.3. The highest BCUT2D eigenvalue weighted by Gasteiger charge is 2.15. The van der Waals surface area contributed by atoms with Crippen LogP contribution in [0.1, 0.15) is 47.5 Å². The zero-order chi connectivity index (χ0) is 13.0. The van der Waals surface area contributed by atoms with Crippen molar-refractivity contribution in [1.29, 1.82) is 0 Å². The van der Waals surface area contributed by atoms with Crippen molar-refractivity contribution in [2.75, 3.05) is 26.7 Å². The Hall–Kier alpha value is -0.500. The van der Waals surface area contributed by atoms with E-state index in [9.17, 15) is 0 Å². The lowest BCUT2D eigenvalue weighted by molar-refractivity contribution is 0.218. The predicted molar refractivity (Wildman–Crippen MR) is 75.7 cm³/mol. The summed E-state index contributed by atoms with van der Waals surface area (Å²) in [5.74, 6) is 0.859. The summed E-state index contributed by atoms with van der Waals surface area (Å²) in [5, 5.41) is 3.32. The van der Waals surface area contributed by atoms with Crippen LogP contribution in [0.15, 0.2) is 12.3 Å². The maximum absolute atomic E-state index is 3.83. The fourth-order valence-electron chi connectivity index (χ4n) is 1.58. The molecule has 0 amide bonds. The summed E-state index contributed by atoms with van der Waals surface area (Å²) in [6.07, 6.45) is 2.66. The van der Waals surface area contributed by atoms with Crippen molar-refractivity contribution in [3.63, 3.8) is 0 Å². The molecule has 0 spiro atoms. The fraction of sp³-hybridized carbons (Fsp3) is 0.857. The molecule has 0 aromatic carbocycles. The third-order valence-corrected chi connectivity index (χ3v) is 2.53. The summed E-state index contributed by atoms with van der Waals surface area (Å²) in [6, 6.07) is 0. The molecule has 1 saturated heterocycles. The van der Waals surface area contributed by atoms with Crippen molar-refractivity contribution in [3.05, 3.63) is 12.3 Å². The summed E-state index contributed by atoms with van der Waals surface area (Å²) >= 11 is 0. The largest absolute Gasteiger partial charge is 0.389 e. The van der Waals surface area contributed by atoms with Crippen LogP contribution >= 0.6 is 0 Å². The van der Waals surface area contributed by atoms with Crippen LogP contribution < -0.4 is 5.32 Å². The molecule has 16 heavy (non-hydrogen) atoms. The van der Waals surface area contributed by atoms with Gasteiger partial charge in [-0.1, -0.05) is 34.3 Å². The molecule has 1 rings (SSSR count). The van der Waals surface area contributed by atoms with Crippen molar-refractivity contribution in [2.24, 2.45) is 5.92 Å². The monoisotopic (exact) mass is 228 g/mol. The van der Waals surface area contributed by atoms with Gasteiger partial charge in [-0.05, 0) is 45.8 Å². The molecule has 0 bridgehead atoms. The molecule has 2 heteroatoms. The molecule has 0 radical (unpaired) electrons. The second-order valence-electron chi connectivity index (χ2n) is 3.91. The van der Waals surface area contributed by atoms with Gasteiger partial charge in [-0.2, -0.15) is 0 Å². The number of nitrogens with zero attached hydrogens (tertiary/aromatic N) is 1. The Morgan fingerprint density at radius 1 is 1.19 bits per heavy atom. The molecule has 1 aliphatic heterocycles. The predicted octanol–water partition coefficient (Wildman–Crippen LogP) is 3.50. The molecule has 98 valence electrons. The first kappa shape index (κ1) is 17.9. The van der Waals surface area contributed by atoms with E-state index in [2.05, 4.69) is 23.8 Å². The molecule has 1 fully saturated rings. The van der Waals surface area contributed by atoms with E-state index >= 15 is 0 Å². The lowest BCUT2D eigenvalue weighted by Crippen LogP contribution is -2.34. The van der Waals surface area contributed by atoms with E-state index in [4.69, 9.17) is 0 Å². The normalized spacial score (nSPS) is 16.4. The number of hydrogen-bond donors (Lipinski definition) is 1. The van der Waals surface area contributed by atoms with Crippen LogP contribution in [0, 0.1) is 5.92 Å². The molecule has 0 saturated carbocycles. The summed E-state index contributed by atoms with van der Waals surface area (Å²) in [6.45, 7) is 17.5. The van der Waals surface area contributed by atoms with Crippen LogP contribution in [-0.4, -0.2) is 31.6 Å². The second-order valence-corrected chi connectivity index (χ2v) is 3.91. The molecule has 0 unspecified atom stereocenters. The summed E-state index contributed by atoms with van der Waals surface area (Å²) in [5.41, 5.74) is 1.09. The minimum atomic E-state index is 0.859. The second kappa shape index (κ2) is 12.6. The smallest absolute Gasteiger partial charge is 0.0172 e. The third kappa shape index (κ3) is 10.0. The molecular weight excluding hydrogens is 196 g/mol. The van der Waals surface area contributed by atoms with Gasteiger partial charge in [0, 0.05) is 12.2 Å². The van der Waals surface area contributed by atoms with Gasteiger partial charge in [0.1, 0.15) is 0 Å². The Bertz CT molecular complexity index is 147. The summed E-state index contributed by atoms with van der Waals surface area (Å²) in [7, 11) is 2.20. The average Bonchev–Trinajstić information content (AvgIpc) is 2.33. The maximum Gasteiger partial charge on any atom is 0.0172 e. The highest BCUT2D eigenvalue weighted by Crippen LogP contribution is 2.14. The van der Waals surface area contributed by atoms with Gasteiger partial charge in [0.15, 0.2) is 0 Å². The van der Waals surface area contributed by atoms with Crippen LogP contribution in [0.5, 0.6) is 0 Å². The SMILES string of the molecule is C=C(C)NCC1CCN(C)CC1.CC.CC. The minimum absolute atomic E-state index is 0.859. The molecule has 0 atom stereocenters. The number of likely N-dealkylation sites (tertiary alicyclic amines) is 1. The van der Waals surface area contributed by atoms with Crippen LogP contribution in [0.25, 0.3) is 0 Å². The average molecular weight is 228 g/mol. The molecule has 2 nitrogen and oxygen atoms in total. The van der Waals surface area contributed by atoms with Gasteiger partial charge >= 0.3 is 0 Å². The summed E-state index contributed by atoms with van der Waals surface area (Å²) < 4.78 is 0. The van der Waals surface area contributed by atoms with Gasteiger partial charge < -0.3 is 10.2 Å². The Morgan fingerprint density at radius 2 is 1.62 bits per heavy atom. The van der Waals surface area contributed by atoms with Crippen LogP contribution in [0.2, 0.25) is 0 Å². The molecule has 0 aromatic rings. The highest BCUT2D eigenvalue weighted by molar-refractivity contribution is 4.86. The van der Waals surface area contributed by atoms with E-state index in [0.29, 0.717) is 0 Å². The third-order valence-electron chi connectivity index (χ3n) is 2.53. The minimum Gasteiger partial charge on any atom is -0.389 e. The van der Waals surface area contributed by atoms with Gasteiger partial charge in [-0.3, -0.25) is 0 Å². The number of nitrogens with one attached hydrogen (secondary N) is 1. The van der Waals surface area contributed by atoms with Gasteiger partial charge in [-0.25, -0.2) is 0 Å². The molecule has 1 N–H and O–H groups in total. The van der Waals surface area contributed by atoms with Gasteiger partial charge in [0.05, 0.1) is 0 Å². The van der Waals surface area contributed by atoms with Gasteiger partial charge in [0.25, 0.3) is 0 Å². The molecule has 0 aliphatic carbocycles. The number of rotatable bonds is 3. The van der Waals surface area contributed by atoms with Crippen LogP contribution in [0.3, 0.4) is 0 Å². The Morgan fingerprint density at radius 3 is 2.00 bits per heavy atom. The van der Waals surface area contributed by atoms with Crippen molar-refractivity contribution >= 4 is 0 Å². The Labute approximate surface area is 103 Å². The zero-order valence-electron chi connectivity index (χ0n) is 12.3. The topological polar surface area (TPSA) is 15.3 Å². The van der Waals surface area contributed by atoms with E-state index in [-0.39, 0.29) is 0 Å². The Balaban J connectivity index is 0. The van der Waals surface area contributed by atoms with Gasteiger partial charge in [0.2, 0.25) is 0 Å². The van der Waals surface area contributed by atoms with E-state index in [1.165, 1.54) is 25.9 Å². The Kier molecular flexibility index (Phi) is 14.0. The molecular formula is C14H32N2. The van der Waals surface area contributed by atoms with Crippen molar-refractivity contribution in [3.8, 4) is 0 Å². The van der Waals surface area contributed by atoms with Crippen LogP contribution in [-0.2, 0) is 0 Å². The highest BCUT2D eigenvalue weighted by atomic mass is 15.1. The maximum atomic E-state index is 3.83. The van der Waals surface area contributed by atoms with E-state index in [1.807, 2.05) is 34.6 Å². The molecule has 1 aliphatic rings. The number of piperidine rings is 1. The van der Waals surface area contributed by atoms with Crippen molar-refractivity contribution < 1.29 is 0 Å². The van der Waals surface area contributed by atoms with Crippen LogP contribution in [0.4, 0.5) is 0 Å². The first-order chi connectivity index (χ1) is 7.68. The van der Waals surface area contributed by atoms with Crippen molar-refractivity contribution in [2.45, 2.75) is 47.5 Å². The first-order valence-corrected chi connectivity index (χ1v) is 6.76. The number of hydrogen-bond acceptors (Lipinski definition) is 2. The van der Waals surface area contributed by atoms with Crippen molar-refractivity contribution in [1.82, 2.24) is 10.2 Å². The molecule has 1 heterocycles. The first-order valence-electron chi connectivity index (χ1n) is 6.76. The lowest BCUT2D eigenvalue weighted by Gasteiger charge is -2.29. The standard InChI is InChI=1S/C10H20N2.2C2H6/c1-9(2)11-8-10-4-6-12(3)7-5-10;2*1-2/h10-11H,1,4-8H2,2-3H3;2*1-2H3. The lowest BCUT2D eigenvalue weighted by atomic mass is 9.97.